The zero-order chi connectivity index (χ0) is 18.2. The van der Waals surface area contributed by atoms with Gasteiger partial charge in [-0.3, -0.25) is 0 Å². The summed E-state index contributed by atoms with van der Waals surface area (Å²) in [5, 5.41) is 1.54. The van der Waals surface area contributed by atoms with Gasteiger partial charge in [0.15, 0.2) is 23.1 Å². The van der Waals surface area contributed by atoms with Crippen LogP contribution in [0.1, 0.15) is 0 Å². The Morgan fingerprint density at radius 1 is 1.12 bits per heavy atom. The number of rotatable bonds is 2. The molecule has 1 unspecified atom stereocenters. The molecule has 132 valence electrons. The number of halogens is 5. The monoisotopic (exact) mass is 377 g/mol. The lowest BCUT2D eigenvalue weighted by Crippen LogP contribution is -2.65. The van der Waals surface area contributed by atoms with E-state index in [2.05, 4.69) is 4.74 Å². The van der Waals surface area contributed by atoms with E-state index < -0.39 is 29.7 Å². The average molecular weight is 378 g/mol. The second-order valence-electron chi connectivity index (χ2n) is 4.85. The lowest BCUT2D eigenvalue weighted by molar-refractivity contribution is -0.318. The van der Waals surface area contributed by atoms with E-state index in [1.165, 1.54) is 23.5 Å². The maximum absolute atomic E-state index is 13.4. The van der Waals surface area contributed by atoms with Gasteiger partial charge in [0.1, 0.15) is 0 Å². The van der Waals surface area contributed by atoms with Crippen LogP contribution in [0.4, 0.5) is 22.4 Å². The lowest BCUT2D eigenvalue weighted by Gasteiger charge is -2.29. The number of amides is 1. The van der Waals surface area contributed by atoms with Crippen LogP contribution in [0.25, 0.3) is 0 Å². The van der Waals surface area contributed by atoms with Crippen LogP contribution in [0.2, 0.25) is 5.02 Å². The molecule has 1 amide bonds. The topological polar surface area (TPSA) is 56.8 Å². The van der Waals surface area contributed by atoms with Crippen molar-refractivity contribution < 1.29 is 36.6 Å². The summed E-state index contributed by atoms with van der Waals surface area (Å²) in [6.07, 6.45) is -6.80. The molecule has 3 rings (SSSR count). The van der Waals surface area contributed by atoms with E-state index in [9.17, 15) is 22.4 Å². The fourth-order valence-electron chi connectivity index (χ4n) is 2.00. The highest BCUT2D eigenvalue weighted by atomic mass is 35.5. The highest BCUT2D eigenvalue weighted by molar-refractivity contribution is 6.30. The molecule has 2 aromatic carbocycles. The number of benzene rings is 2. The number of alkyl halides is 3. The summed E-state index contributed by atoms with van der Waals surface area (Å²) in [6, 6.07) is 8.23. The maximum Gasteiger partial charge on any atom is 0.492 e. The summed E-state index contributed by atoms with van der Waals surface area (Å²) in [6.45, 7) is 0. The molecule has 1 atom stereocenters. The first-order valence-electron chi connectivity index (χ1n) is 6.69. The summed E-state index contributed by atoms with van der Waals surface area (Å²) >= 11 is 5.69. The Balaban J connectivity index is 1.84. The number of hydrogen-bond acceptors (Lipinski definition) is 4. The molecule has 2 aromatic rings. The summed E-state index contributed by atoms with van der Waals surface area (Å²) in [5.41, 5.74) is 0. The predicted molar refractivity (Wildman–Crippen MR) is 77.1 cm³/mol. The van der Waals surface area contributed by atoms with Gasteiger partial charge in [-0.1, -0.05) is 23.7 Å². The molecular weight excluding hydrogens is 370 g/mol. The molecule has 0 aliphatic carbocycles. The van der Waals surface area contributed by atoms with Gasteiger partial charge in [-0.25, -0.2) is 14.5 Å². The Morgan fingerprint density at radius 2 is 1.80 bits per heavy atom. The molecule has 0 saturated heterocycles. The van der Waals surface area contributed by atoms with E-state index in [1.54, 1.807) is 0 Å². The molecule has 5 nitrogen and oxygen atoms in total. The second-order valence-corrected chi connectivity index (χ2v) is 5.29. The summed E-state index contributed by atoms with van der Waals surface area (Å²) in [5.74, 6) is -5.62. The number of carbonyl (C=O) groups is 1. The van der Waals surface area contributed by atoms with E-state index in [0.29, 0.717) is 0 Å². The van der Waals surface area contributed by atoms with Crippen molar-refractivity contribution in [2.75, 3.05) is 0 Å². The summed E-state index contributed by atoms with van der Waals surface area (Å²) < 4.78 is 67.8. The van der Waals surface area contributed by atoms with Crippen LogP contribution in [-0.4, -0.2) is 18.2 Å². The molecule has 0 saturated carbocycles. The third kappa shape index (κ3) is 3.27. The molecule has 1 aliphatic heterocycles. The predicted octanol–water partition coefficient (Wildman–Crippen LogP) is 4.26. The summed E-state index contributed by atoms with van der Waals surface area (Å²) in [7, 11) is 0. The smallest absolute Gasteiger partial charge is 0.424 e. The van der Waals surface area contributed by atoms with Crippen LogP contribution >= 0.6 is 11.6 Å². The molecule has 1 heterocycles. The third-order valence-electron chi connectivity index (χ3n) is 3.09. The van der Waals surface area contributed by atoms with Crippen molar-refractivity contribution in [1.82, 2.24) is 5.32 Å². The normalized spacial score (nSPS) is 18.8. The van der Waals surface area contributed by atoms with Gasteiger partial charge in [0.25, 0.3) is 0 Å². The summed E-state index contributed by atoms with van der Waals surface area (Å²) in [4.78, 5) is 11.8. The first-order valence-corrected chi connectivity index (χ1v) is 7.07. The fourth-order valence-corrected chi connectivity index (χ4v) is 2.16. The van der Waals surface area contributed by atoms with Gasteiger partial charge < -0.3 is 14.2 Å². The second kappa shape index (κ2) is 5.99. The molecule has 0 bridgehead atoms. The van der Waals surface area contributed by atoms with Crippen molar-refractivity contribution in [2.45, 2.75) is 12.1 Å². The number of para-hydroxylation sites is 1. The van der Waals surface area contributed by atoms with Crippen LogP contribution in [0, 0.1) is 5.82 Å². The zero-order valence-electron chi connectivity index (χ0n) is 12.1. The molecule has 0 radical (unpaired) electrons. The molecule has 25 heavy (non-hydrogen) atoms. The van der Waals surface area contributed by atoms with E-state index in [1.807, 2.05) is 0 Å². The van der Waals surface area contributed by atoms with Gasteiger partial charge in [0, 0.05) is 11.1 Å². The van der Waals surface area contributed by atoms with Crippen LogP contribution in [-0.2, 0) is 0 Å². The highest BCUT2D eigenvalue weighted by Crippen LogP contribution is 2.46. The molecule has 1 aliphatic rings. The molecular formula is C15H8ClF4NO4. The Kier molecular flexibility index (Phi) is 4.11. The molecule has 1 N–H and O–H groups in total. The van der Waals surface area contributed by atoms with Crippen molar-refractivity contribution in [3.8, 4) is 17.2 Å². The van der Waals surface area contributed by atoms with Crippen molar-refractivity contribution in [2.24, 2.45) is 0 Å². The van der Waals surface area contributed by atoms with E-state index in [4.69, 9.17) is 21.1 Å². The molecule has 0 spiro atoms. The molecule has 0 fully saturated rings. The number of fused-ring (bicyclic) bond motifs is 1. The molecule has 10 heteroatoms. The van der Waals surface area contributed by atoms with Crippen LogP contribution in [0.5, 0.6) is 17.2 Å². The van der Waals surface area contributed by atoms with Crippen LogP contribution in [0.3, 0.4) is 0 Å². The standard InChI is InChI=1S/C15H8ClF4NO4/c16-8-5-6-11-12(7-8)25-15(24-11,14(18,19)20)21-13(22)23-10-4-2-1-3-9(10)17/h1-7H,(H,21,22). The highest BCUT2D eigenvalue weighted by Gasteiger charge is 2.66. The number of ether oxygens (including phenoxy) is 3. The minimum atomic E-state index is -5.17. The van der Waals surface area contributed by atoms with Crippen LogP contribution < -0.4 is 19.5 Å². The quantitative estimate of drug-likeness (QED) is 0.795. The maximum atomic E-state index is 13.4. The van der Waals surface area contributed by atoms with Gasteiger partial charge in [-0.05, 0) is 24.3 Å². The number of nitrogens with one attached hydrogen (secondary N) is 1. The van der Waals surface area contributed by atoms with E-state index >= 15 is 0 Å². The van der Waals surface area contributed by atoms with Gasteiger partial charge in [0.2, 0.25) is 0 Å². The van der Waals surface area contributed by atoms with Gasteiger partial charge in [-0.15, -0.1) is 0 Å². The Hall–Kier alpha value is -2.68. The van der Waals surface area contributed by atoms with E-state index in [-0.39, 0.29) is 16.5 Å². The zero-order valence-corrected chi connectivity index (χ0v) is 12.8. The lowest BCUT2D eigenvalue weighted by atomic mass is 10.3. The first kappa shape index (κ1) is 17.2. The minimum Gasteiger partial charge on any atom is -0.424 e. The Bertz CT molecular complexity index is 829. The Labute approximate surface area is 143 Å². The molecule has 0 aromatic heterocycles. The van der Waals surface area contributed by atoms with Crippen molar-refractivity contribution >= 4 is 17.7 Å². The SMILES string of the molecule is O=C(NC1(C(F)(F)F)Oc2ccc(Cl)cc2O1)Oc1ccccc1F. The first-order chi connectivity index (χ1) is 11.7. The number of hydrogen-bond donors (Lipinski definition) is 1. The average Bonchev–Trinajstić information content (AvgIpc) is 2.87. The van der Waals surface area contributed by atoms with Crippen LogP contribution in [0.15, 0.2) is 42.5 Å². The Morgan fingerprint density at radius 3 is 2.48 bits per heavy atom. The third-order valence-corrected chi connectivity index (χ3v) is 3.33. The minimum absolute atomic E-state index is 0.106. The van der Waals surface area contributed by atoms with Crippen molar-refractivity contribution in [3.63, 3.8) is 0 Å². The fraction of sp³-hybridized carbons (Fsp3) is 0.133. The van der Waals surface area contributed by atoms with Gasteiger partial charge in [-0.2, -0.15) is 13.2 Å². The number of carbonyl (C=O) groups excluding carboxylic acids is 1. The van der Waals surface area contributed by atoms with Crippen molar-refractivity contribution in [3.05, 3.63) is 53.3 Å². The van der Waals surface area contributed by atoms with E-state index in [0.717, 1.165) is 24.3 Å². The van der Waals surface area contributed by atoms with Crippen molar-refractivity contribution in [1.29, 1.82) is 0 Å². The largest absolute Gasteiger partial charge is 0.492 e. The van der Waals surface area contributed by atoms with Gasteiger partial charge in [0.05, 0.1) is 0 Å². The van der Waals surface area contributed by atoms with Gasteiger partial charge >= 0.3 is 18.2 Å².